The minimum Gasteiger partial charge on any atom is -0.370 e. The van der Waals surface area contributed by atoms with Gasteiger partial charge in [0.1, 0.15) is 6.04 Å². The van der Waals surface area contributed by atoms with Gasteiger partial charge in [-0.15, -0.1) is 0 Å². The summed E-state index contributed by atoms with van der Waals surface area (Å²) in [4.78, 5) is 26.9. The van der Waals surface area contributed by atoms with Crippen molar-refractivity contribution in [2.75, 3.05) is 10.2 Å². The van der Waals surface area contributed by atoms with Crippen LogP contribution in [0.25, 0.3) is 0 Å². The summed E-state index contributed by atoms with van der Waals surface area (Å²) in [5.41, 5.74) is 4.94. The number of hydrogen-bond donors (Lipinski definition) is 1. The highest BCUT2D eigenvalue weighted by molar-refractivity contribution is 6.42. The lowest BCUT2D eigenvalue weighted by atomic mass is 10.2. The van der Waals surface area contributed by atoms with E-state index in [1.54, 1.807) is 12.1 Å². The molecule has 1 fully saturated rings. The Labute approximate surface area is 190 Å². The number of rotatable bonds is 5. The van der Waals surface area contributed by atoms with Gasteiger partial charge in [0.15, 0.2) is 0 Å². The molecule has 0 spiro atoms. The van der Waals surface area contributed by atoms with Crippen molar-refractivity contribution in [1.29, 1.82) is 0 Å². The van der Waals surface area contributed by atoms with Crippen LogP contribution in [-0.2, 0) is 16.1 Å². The van der Waals surface area contributed by atoms with Crippen molar-refractivity contribution in [2.45, 2.75) is 39.8 Å². The summed E-state index contributed by atoms with van der Waals surface area (Å²) in [5.74, 6) is -0.474. The number of carbonyl (C=O) groups is 2. The molecule has 0 bridgehead atoms. The highest BCUT2D eigenvalue weighted by atomic mass is 35.5. The van der Waals surface area contributed by atoms with Crippen molar-refractivity contribution in [3.63, 3.8) is 0 Å². The molecule has 1 N–H and O–H groups in total. The second-order valence-corrected chi connectivity index (χ2v) is 8.57. The third-order valence-corrected chi connectivity index (χ3v) is 6.16. The summed E-state index contributed by atoms with van der Waals surface area (Å²) in [6.45, 7) is 6.25. The number of benzene rings is 2. The fourth-order valence-electron chi connectivity index (χ4n) is 3.83. The van der Waals surface area contributed by atoms with Gasteiger partial charge in [0.2, 0.25) is 5.91 Å². The lowest BCUT2D eigenvalue weighted by molar-refractivity contribution is -0.121. The molecule has 6 nitrogen and oxygen atoms in total. The van der Waals surface area contributed by atoms with E-state index in [0.717, 1.165) is 28.2 Å². The Morgan fingerprint density at radius 3 is 2.55 bits per heavy atom. The molecule has 1 saturated heterocycles. The zero-order chi connectivity index (χ0) is 22.3. The summed E-state index contributed by atoms with van der Waals surface area (Å²) in [6.07, 6.45) is 0.101. The first-order valence-corrected chi connectivity index (χ1v) is 10.7. The number of imide groups is 1. The van der Waals surface area contributed by atoms with Crippen LogP contribution in [0.5, 0.6) is 0 Å². The standard InChI is InChI=1S/C23H22Cl2N4O2/c1-13-5-4-6-17(9-13)29-21(30)11-20(23(29)31)26-22-14(2)27-28(15(22)3)12-16-7-8-18(24)19(25)10-16/h4-10,20,26H,11-12H2,1-3H3/t20-/m1/s1. The SMILES string of the molecule is Cc1cccc(N2C(=O)C[C@@H](Nc3c(C)nn(Cc4ccc(Cl)c(Cl)c4)c3C)C2=O)c1. The van der Waals surface area contributed by atoms with Gasteiger partial charge < -0.3 is 5.32 Å². The number of hydrogen-bond acceptors (Lipinski definition) is 4. The predicted octanol–water partition coefficient (Wildman–Crippen LogP) is 4.91. The Morgan fingerprint density at radius 2 is 1.84 bits per heavy atom. The largest absolute Gasteiger partial charge is 0.370 e. The summed E-state index contributed by atoms with van der Waals surface area (Å²) in [5, 5.41) is 8.85. The molecule has 0 unspecified atom stereocenters. The Kier molecular flexibility index (Phi) is 5.77. The van der Waals surface area contributed by atoms with Gasteiger partial charge in [-0.3, -0.25) is 14.3 Å². The van der Waals surface area contributed by atoms with Crippen LogP contribution in [-0.4, -0.2) is 27.6 Å². The van der Waals surface area contributed by atoms with E-state index in [0.29, 0.717) is 22.3 Å². The molecule has 1 aliphatic heterocycles. The number of aryl methyl sites for hydroxylation is 2. The van der Waals surface area contributed by atoms with Crippen molar-refractivity contribution in [2.24, 2.45) is 0 Å². The number of halogens is 2. The van der Waals surface area contributed by atoms with Crippen LogP contribution in [0.1, 0.15) is 28.9 Å². The number of amides is 2. The molecule has 1 aromatic heterocycles. The molecule has 31 heavy (non-hydrogen) atoms. The first-order chi connectivity index (χ1) is 14.7. The molecular formula is C23H22Cl2N4O2. The van der Waals surface area contributed by atoms with Gasteiger partial charge in [0, 0.05) is 0 Å². The van der Waals surface area contributed by atoms with E-state index in [9.17, 15) is 9.59 Å². The lowest BCUT2D eigenvalue weighted by Gasteiger charge is -2.17. The van der Waals surface area contributed by atoms with Gasteiger partial charge in [0.25, 0.3) is 5.91 Å². The van der Waals surface area contributed by atoms with Crippen LogP contribution in [0.15, 0.2) is 42.5 Å². The highest BCUT2D eigenvalue weighted by Gasteiger charge is 2.40. The molecule has 1 aliphatic rings. The molecule has 160 valence electrons. The van der Waals surface area contributed by atoms with Gasteiger partial charge in [-0.25, -0.2) is 4.90 Å². The van der Waals surface area contributed by atoms with Crippen LogP contribution >= 0.6 is 23.2 Å². The first-order valence-electron chi connectivity index (χ1n) is 9.92. The van der Waals surface area contributed by atoms with Gasteiger partial charge >= 0.3 is 0 Å². The number of aromatic nitrogens is 2. The summed E-state index contributed by atoms with van der Waals surface area (Å²) in [7, 11) is 0. The monoisotopic (exact) mass is 456 g/mol. The number of anilines is 2. The lowest BCUT2D eigenvalue weighted by Crippen LogP contribution is -2.35. The third-order valence-electron chi connectivity index (χ3n) is 5.42. The first kappa shape index (κ1) is 21.4. The maximum atomic E-state index is 13.0. The third kappa shape index (κ3) is 4.18. The maximum Gasteiger partial charge on any atom is 0.256 e. The minimum atomic E-state index is -0.631. The minimum absolute atomic E-state index is 0.101. The van der Waals surface area contributed by atoms with Gasteiger partial charge in [-0.1, -0.05) is 41.4 Å². The summed E-state index contributed by atoms with van der Waals surface area (Å²) < 4.78 is 1.84. The highest BCUT2D eigenvalue weighted by Crippen LogP contribution is 2.29. The molecule has 8 heteroatoms. The maximum absolute atomic E-state index is 13.0. The predicted molar refractivity (Wildman–Crippen MR) is 123 cm³/mol. The molecule has 0 radical (unpaired) electrons. The molecular weight excluding hydrogens is 435 g/mol. The quantitative estimate of drug-likeness (QED) is 0.553. The number of nitrogens with one attached hydrogen (secondary N) is 1. The van der Waals surface area contributed by atoms with E-state index in [1.807, 2.05) is 55.8 Å². The molecule has 2 aromatic carbocycles. The molecule has 0 saturated carbocycles. The van der Waals surface area contributed by atoms with Crippen molar-refractivity contribution in [1.82, 2.24) is 9.78 Å². The van der Waals surface area contributed by atoms with Crippen molar-refractivity contribution in [3.05, 3.63) is 75.0 Å². The zero-order valence-corrected chi connectivity index (χ0v) is 19.0. The molecule has 1 atom stereocenters. The van der Waals surface area contributed by atoms with Crippen LogP contribution in [0, 0.1) is 20.8 Å². The van der Waals surface area contributed by atoms with Gasteiger partial charge in [0.05, 0.1) is 45.8 Å². The zero-order valence-electron chi connectivity index (χ0n) is 17.4. The Hall–Kier alpha value is -2.83. The molecule has 3 aromatic rings. The van der Waals surface area contributed by atoms with Crippen molar-refractivity contribution in [3.8, 4) is 0 Å². The number of nitrogens with zero attached hydrogens (tertiary/aromatic N) is 3. The van der Waals surface area contributed by atoms with E-state index in [4.69, 9.17) is 23.2 Å². The van der Waals surface area contributed by atoms with E-state index < -0.39 is 6.04 Å². The Bertz CT molecular complexity index is 1190. The summed E-state index contributed by atoms with van der Waals surface area (Å²) in [6, 6.07) is 12.2. The average molecular weight is 457 g/mol. The average Bonchev–Trinajstić information content (AvgIpc) is 3.14. The van der Waals surface area contributed by atoms with Crippen LogP contribution in [0.4, 0.5) is 11.4 Å². The van der Waals surface area contributed by atoms with Gasteiger partial charge in [-0.2, -0.15) is 5.10 Å². The summed E-state index contributed by atoms with van der Waals surface area (Å²) >= 11 is 12.1. The fourth-order valence-corrected chi connectivity index (χ4v) is 4.15. The van der Waals surface area contributed by atoms with E-state index in [-0.39, 0.29) is 18.2 Å². The molecule has 4 rings (SSSR count). The van der Waals surface area contributed by atoms with Crippen molar-refractivity contribution < 1.29 is 9.59 Å². The van der Waals surface area contributed by atoms with Crippen LogP contribution in [0.2, 0.25) is 10.0 Å². The van der Waals surface area contributed by atoms with Crippen LogP contribution in [0.3, 0.4) is 0 Å². The molecule has 0 aliphatic carbocycles. The molecule has 2 heterocycles. The van der Waals surface area contributed by atoms with Crippen molar-refractivity contribution >= 4 is 46.4 Å². The smallest absolute Gasteiger partial charge is 0.256 e. The number of carbonyl (C=O) groups excluding carboxylic acids is 2. The van der Waals surface area contributed by atoms with E-state index in [2.05, 4.69) is 10.4 Å². The van der Waals surface area contributed by atoms with Gasteiger partial charge in [-0.05, 0) is 56.2 Å². The van der Waals surface area contributed by atoms with E-state index >= 15 is 0 Å². The Balaban J connectivity index is 1.55. The Morgan fingerprint density at radius 1 is 1.06 bits per heavy atom. The second-order valence-electron chi connectivity index (χ2n) is 7.76. The van der Waals surface area contributed by atoms with E-state index in [1.165, 1.54) is 4.90 Å². The topological polar surface area (TPSA) is 67.2 Å². The second kappa shape index (κ2) is 8.36. The molecule has 2 amide bonds. The normalized spacial score (nSPS) is 16.3. The fraction of sp³-hybridized carbons (Fsp3) is 0.261. The van der Waals surface area contributed by atoms with Crippen LogP contribution < -0.4 is 10.2 Å².